The largest absolute Gasteiger partial charge is 0.480 e. The molecule has 1 aromatic heterocycles. The number of carbonyl (C=O) groups is 1. The van der Waals surface area contributed by atoms with Gasteiger partial charge in [0, 0.05) is 28.9 Å². The zero-order chi connectivity index (χ0) is 11.7. The van der Waals surface area contributed by atoms with Gasteiger partial charge in [-0.3, -0.25) is 9.69 Å². The Morgan fingerprint density at radius 1 is 1.69 bits per heavy atom. The zero-order valence-electron chi connectivity index (χ0n) is 8.47. The Bertz CT molecular complexity index is 395. The molecule has 6 heteroatoms. The van der Waals surface area contributed by atoms with Crippen LogP contribution in [-0.2, 0) is 11.3 Å². The van der Waals surface area contributed by atoms with E-state index >= 15 is 0 Å². The van der Waals surface area contributed by atoms with Gasteiger partial charge in [0.05, 0.1) is 6.10 Å². The van der Waals surface area contributed by atoms with Crippen molar-refractivity contribution in [3.63, 3.8) is 0 Å². The Labute approximate surface area is 106 Å². The van der Waals surface area contributed by atoms with Crippen molar-refractivity contribution in [1.29, 1.82) is 0 Å². The van der Waals surface area contributed by atoms with Crippen LogP contribution < -0.4 is 0 Å². The molecule has 88 valence electrons. The summed E-state index contributed by atoms with van der Waals surface area (Å²) in [6, 6.07) is 1.38. The van der Waals surface area contributed by atoms with Gasteiger partial charge < -0.3 is 10.2 Å². The van der Waals surface area contributed by atoms with Crippen LogP contribution in [-0.4, -0.2) is 39.8 Å². The second kappa shape index (κ2) is 4.83. The molecule has 2 unspecified atom stereocenters. The van der Waals surface area contributed by atoms with Crippen LogP contribution >= 0.6 is 27.3 Å². The third kappa shape index (κ3) is 2.45. The lowest BCUT2D eigenvalue weighted by atomic mass is 10.2. The summed E-state index contributed by atoms with van der Waals surface area (Å²) in [5, 5.41) is 20.5. The van der Waals surface area contributed by atoms with E-state index in [0.29, 0.717) is 19.5 Å². The first kappa shape index (κ1) is 12.0. The number of carboxylic acids is 1. The number of carboxylic acid groups (broad SMARTS) is 1. The number of β-amino-alcohol motifs (C(OH)–C–C–N with tert-alkyl or cyclic N) is 1. The fraction of sp³-hybridized carbons (Fsp3) is 0.500. The number of halogens is 1. The maximum Gasteiger partial charge on any atom is 0.321 e. The molecule has 0 bridgehead atoms. The molecular formula is C10H12BrNO3S. The van der Waals surface area contributed by atoms with Crippen molar-refractivity contribution in [2.75, 3.05) is 6.54 Å². The van der Waals surface area contributed by atoms with E-state index in [1.165, 1.54) is 0 Å². The van der Waals surface area contributed by atoms with Crippen LogP contribution in [0.2, 0.25) is 0 Å². The fourth-order valence-corrected chi connectivity index (χ4v) is 3.44. The van der Waals surface area contributed by atoms with Crippen LogP contribution in [0.1, 0.15) is 11.3 Å². The summed E-state index contributed by atoms with van der Waals surface area (Å²) in [6.45, 7) is 1.01. The fourth-order valence-electron chi connectivity index (χ4n) is 1.93. The highest BCUT2D eigenvalue weighted by molar-refractivity contribution is 9.10. The van der Waals surface area contributed by atoms with E-state index in [1.807, 2.05) is 16.3 Å². The smallest absolute Gasteiger partial charge is 0.321 e. The summed E-state index contributed by atoms with van der Waals surface area (Å²) >= 11 is 5.01. The topological polar surface area (TPSA) is 60.8 Å². The Morgan fingerprint density at radius 3 is 3.00 bits per heavy atom. The molecule has 1 fully saturated rings. The summed E-state index contributed by atoms with van der Waals surface area (Å²) in [7, 11) is 0. The molecule has 0 spiro atoms. The van der Waals surface area contributed by atoms with Crippen LogP contribution in [0.3, 0.4) is 0 Å². The van der Waals surface area contributed by atoms with Gasteiger partial charge in [0.25, 0.3) is 0 Å². The first-order valence-electron chi connectivity index (χ1n) is 4.94. The van der Waals surface area contributed by atoms with Gasteiger partial charge in [0.1, 0.15) is 6.04 Å². The standard InChI is InChI=1S/C10H12BrNO3S/c11-7-1-2-16-9(7)5-12-4-6(13)3-8(12)10(14)15/h1-2,6,8,13H,3-5H2,(H,14,15). The summed E-state index contributed by atoms with van der Waals surface area (Å²) in [6.07, 6.45) is -0.210. The number of aliphatic hydroxyl groups excluding tert-OH is 1. The number of hydrogen-bond acceptors (Lipinski definition) is 4. The van der Waals surface area contributed by atoms with Crippen LogP contribution in [0.15, 0.2) is 15.9 Å². The number of aliphatic carboxylic acids is 1. The molecule has 1 aliphatic heterocycles. The molecule has 2 N–H and O–H groups in total. The number of rotatable bonds is 3. The van der Waals surface area contributed by atoms with Gasteiger partial charge in [-0.15, -0.1) is 11.3 Å². The van der Waals surface area contributed by atoms with Gasteiger partial charge in [0.15, 0.2) is 0 Å². The van der Waals surface area contributed by atoms with Crippen molar-refractivity contribution in [3.8, 4) is 0 Å². The van der Waals surface area contributed by atoms with E-state index in [4.69, 9.17) is 5.11 Å². The van der Waals surface area contributed by atoms with Crippen LogP contribution in [0.5, 0.6) is 0 Å². The van der Waals surface area contributed by atoms with Gasteiger partial charge in [-0.2, -0.15) is 0 Å². The minimum absolute atomic E-state index is 0.318. The molecule has 0 aliphatic carbocycles. The molecule has 1 aromatic rings. The minimum Gasteiger partial charge on any atom is -0.480 e. The molecule has 1 saturated heterocycles. The second-order valence-electron chi connectivity index (χ2n) is 3.86. The quantitative estimate of drug-likeness (QED) is 0.889. The molecule has 0 amide bonds. The first-order valence-corrected chi connectivity index (χ1v) is 6.62. The highest BCUT2D eigenvalue weighted by Crippen LogP contribution is 2.28. The van der Waals surface area contributed by atoms with Gasteiger partial charge in [-0.05, 0) is 27.4 Å². The maximum absolute atomic E-state index is 11.0. The highest BCUT2D eigenvalue weighted by atomic mass is 79.9. The van der Waals surface area contributed by atoms with Crippen molar-refractivity contribution in [2.24, 2.45) is 0 Å². The normalized spacial score (nSPS) is 26.1. The molecule has 2 atom stereocenters. The SMILES string of the molecule is O=C(O)C1CC(O)CN1Cc1sccc1Br. The summed E-state index contributed by atoms with van der Waals surface area (Å²) in [5.74, 6) is -0.857. The van der Waals surface area contributed by atoms with Crippen molar-refractivity contribution < 1.29 is 15.0 Å². The molecule has 4 nitrogen and oxygen atoms in total. The van der Waals surface area contributed by atoms with Gasteiger partial charge in [-0.1, -0.05) is 0 Å². The molecule has 0 saturated carbocycles. The van der Waals surface area contributed by atoms with Gasteiger partial charge in [-0.25, -0.2) is 0 Å². The van der Waals surface area contributed by atoms with E-state index < -0.39 is 18.1 Å². The molecule has 2 rings (SSSR count). The molecule has 0 aromatic carbocycles. The monoisotopic (exact) mass is 305 g/mol. The number of nitrogens with zero attached hydrogens (tertiary/aromatic N) is 1. The van der Waals surface area contributed by atoms with Crippen molar-refractivity contribution >= 4 is 33.2 Å². The molecule has 2 heterocycles. The third-order valence-electron chi connectivity index (χ3n) is 2.70. The average molecular weight is 306 g/mol. The minimum atomic E-state index is -0.857. The lowest BCUT2D eigenvalue weighted by Gasteiger charge is -2.19. The van der Waals surface area contributed by atoms with E-state index in [0.717, 1.165) is 9.35 Å². The van der Waals surface area contributed by atoms with E-state index in [1.54, 1.807) is 11.3 Å². The second-order valence-corrected chi connectivity index (χ2v) is 5.72. The molecular weight excluding hydrogens is 294 g/mol. The zero-order valence-corrected chi connectivity index (χ0v) is 10.9. The number of thiophene rings is 1. The van der Waals surface area contributed by atoms with E-state index in [9.17, 15) is 9.90 Å². The van der Waals surface area contributed by atoms with Crippen molar-refractivity contribution in [2.45, 2.75) is 25.1 Å². The molecule has 0 radical (unpaired) electrons. The van der Waals surface area contributed by atoms with Crippen LogP contribution in [0, 0.1) is 0 Å². The van der Waals surface area contributed by atoms with Crippen molar-refractivity contribution in [3.05, 3.63) is 20.8 Å². The van der Waals surface area contributed by atoms with Gasteiger partial charge in [0.2, 0.25) is 0 Å². The van der Waals surface area contributed by atoms with Crippen LogP contribution in [0.4, 0.5) is 0 Å². The predicted molar refractivity (Wildman–Crippen MR) is 64.5 cm³/mol. The number of hydrogen-bond donors (Lipinski definition) is 2. The third-order valence-corrected chi connectivity index (χ3v) is 4.62. The first-order chi connectivity index (χ1) is 7.58. The van der Waals surface area contributed by atoms with Crippen LogP contribution in [0.25, 0.3) is 0 Å². The van der Waals surface area contributed by atoms with E-state index in [2.05, 4.69) is 15.9 Å². The Kier molecular flexibility index (Phi) is 3.63. The van der Waals surface area contributed by atoms with Gasteiger partial charge >= 0.3 is 5.97 Å². The predicted octanol–water partition coefficient (Wildman–Crippen LogP) is 1.53. The van der Waals surface area contributed by atoms with Crippen molar-refractivity contribution in [1.82, 2.24) is 4.90 Å². The molecule has 16 heavy (non-hydrogen) atoms. The number of aliphatic hydroxyl groups is 1. The summed E-state index contributed by atoms with van der Waals surface area (Å²) < 4.78 is 1.00. The van der Waals surface area contributed by atoms with E-state index in [-0.39, 0.29) is 0 Å². The maximum atomic E-state index is 11.0. The Hall–Kier alpha value is -0.430. The average Bonchev–Trinajstić information content (AvgIpc) is 2.75. The number of likely N-dealkylation sites (tertiary alicyclic amines) is 1. The Morgan fingerprint density at radius 2 is 2.44 bits per heavy atom. The summed E-state index contributed by atoms with van der Waals surface area (Å²) in [4.78, 5) is 13.9. The highest BCUT2D eigenvalue weighted by Gasteiger charge is 2.36. The lowest BCUT2D eigenvalue weighted by Crippen LogP contribution is -2.35. The lowest BCUT2D eigenvalue weighted by molar-refractivity contribution is -0.142. The summed E-state index contributed by atoms with van der Waals surface area (Å²) in [5.41, 5.74) is 0. The molecule has 1 aliphatic rings. The Balaban J connectivity index is 2.09.